The molecule has 5 aromatic rings. The van der Waals surface area contributed by atoms with Gasteiger partial charge in [0.05, 0.1) is 0 Å². The van der Waals surface area contributed by atoms with E-state index in [9.17, 15) is 19.8 Å². The molecule has 9 heteroatoms. The number of benzene rings is 2. The van der Waals surface area contributed by atoms with Gasteiger partial charge in [0.25, 0.3) is 0 Å². The maximum atomic E-state index is 11.4. The smallest absolute Gasteiger partial charge is 0.303 e. The van der Waals surface area contributed by atoms with Crippen LogP contribution in [0.3, 0.4) is 0 Å². The number of aryl methyl sites for hydroxylation is 2. The highest BCUT2D eigenvalue weighted by molar-refractivity contribution is 7.28. The molecule has 0 atom stereocenters. The van der Waals surface area contributed by atoms with E-state index in [1.165, 1.54) is 0 Å². The fourth-order valence-corrected chi connectivity index (χ4v) is 8.41. The molecule has 0 spiro atoms. The van der Waals surface area contributed by atoms with Crippen LogP contribution in [0.2, 0.25) is 0 Å². The number of carboxylic acids is 2. The highest BCUT2D eigenvalue weighted by Gasteiger charge is 2.19. The van der Waals surface area contributed by atoms with E-state index in [4.69, 9.17) is 11.5 Å². The van der Waals surface area contributed by atoms with E-state index in [0.717, 1.165) is 62.6 Å². The predicted molar refractivity (Wildman–Crippen MR) is 170 cm³/mol. The van der Waals surface area contributed by atoms with Crippen molar-refractivity contribution in [1.82, 2.24) is 0 Å². The molecule has 0 aliphatic heterocycles. The monoisotopic (exact) mass is 602 g/mol. The van der Waals surface area contributed by atoms with Crippen LogP contribution in [0.25, 0.3) is 40.4 Å². The number of carbonyl (C=O) groups is 2. The van der Waals surface area contributed by atoms with Gasteiger partial charge in [0.2, 0.25) is 0 Å². The SMILES string of the molecule is NCc1cccc(-c2cc(CCC(=O)O)c(-c3ccc(-c4sc(-c5cccc(CN)c5)cc4CCC(=O)O)s3)s2)c1. The third-order valence-corrected chi connectivity index (χ3v) is 10.7. The normalized spacial score (nSPS) is 11.2. The highest BCUT2D eigenvalue weighted by atomic mass is 32.1. The van der Waals surface area contributed by atoms with Crippen LogP contribution in [-0.2, 0) is 35.5 Å². The Morgan fingerprint density at radius 2 is 1.02 bits per heavy atom. The molecule has 3 heterocycles. The van der Waals surface area contributed by atoms with Crippen molar-refractivity contribution in [2.75, 3.05) is 0 Å². The summed E-state index contributed by atoms with van der Waals surface area (Å²) in [5.41, 5.74) is 18.0. The summed E-state index contributed by atoms with van der Waals surface area (Å²) in [4.78, 5) is 29.3. The molecule has 0 amide bonds. The van der Waals surface area contributed by atoms with Gasteiger partial charge in [-0.1, -0.05) is 36.4 Å². The van der Waals surface area contributed by atoms with Crippen LogP contribution in [0.1, 0.15) is 35.1 Å². The van der Waals surface area contributed by atoms with Crippen molar-refractivity contribution in [3.05, 3.63) is 95.1 Å². The third-order valence-electron chi connectivity index (χ3n) is 6.78. The number of thiophene rings is 3. The number of aliphatic carboxylic acids is 2. The zero-order valence-electron chi connectivity index (χ0n) is 22.3. The van der Waals surface area contributed by atoms with Gasteiger partial charge >= 0.3 is 11.9 Å². The molecule has 3 aromatic heterocycles. The first-order chi connectivity index (χ1) is 19.8. The van der Waals surface area contributed by atoms with Gasteiger partial charge in [-0.2, -0.15) is 0 Å². The maximum Gasteiger partial charge on any atom is 0.303 e. The highest BCUT2D eigenvalue weighted by Crippen LogP contribution is 2.47. The minimum absolute atomic E-state index is 0.0553. The Balaban J connectivity index is 1.54. The molecule has 5 rings (SSSR count). The number of hydrogen-bond acceptors (Lipinski definition) is 7. The zero-order valence-corrected chi connectivity index (χ0v) is 24.7. The molecule has 0 radical (unpaired) electrons. The molecule has 41 heavy (non-hydrogen) atoms. The summed E-state index contributed by atoms with van der Waals surface area (Å²) < 4.78 is 0. The fraction of sp³-hybridized carbons (Fsp3) is 0.188. The minimum atomic E-state index is -0.825. The van der Waals surface area contributed by atoms with Gasteiger partial charge in [-0.3, -0.25) is 9.59 Å². The molecule has 0 saturated carbocycles. The summed E-state index contributed by atoms with van der Waals surface area (Å²) in [5.74, 6) is -1.65. The van der Waals surface area contributed by atoms with Crippen LogP contribution >= 0.6 is 34.0 Å². The Bertz CT molecular complexity index is 1580. The lowest BCUT2D eigenvalue weighted by Crippen LogP contribution is -1.97. The average molecular weight is 603 g/mol. The molecular formula is C32H30N2O4S3. The summed E-state index contributed by atoms with van der Waals surface area (Å²) in [6.07, 6.45) is 0.990. The topological polar surface area (TPSA) is 127 Å². The van der Waals surface area contributed by atoms with E-state index in [2.05, 4.69) is 48.5 Å². The van der Waals surface area contributed by atoms with Crippen molar-refractivity contribution in [3.63, 3.8) is 0 Å². The molecule has 0 aliphatic rings. The molecular weight excluding hydrogens is 573 g/mol. The van der Waals surface area contributed by atoms with Crippen molar-refractivity contribution in [1.29, 1.82) is 0 Å². The Morgan fingerprint density at radius 3 is 1.41 bits per heavy atom. The Kier molecular flexibility index (Phi) is 9.12. The molecule has 2 aromatic carbocycles. The minimum Gasteiger partial charge on any atom is -0.481 e. The number of rotatable bonds is 12. The van der Waals surface area contributed by atoms with Crippen LogP contribution < -0.4 is 11.5 Å². The van der Waals surface area contributed by atoms with Crippen molar-refractivity contribution in [3.8, 4) is 40.4 Å². The summed E-state index contributed by atoms with van der Waals surface area (Å²) in [6, 6.07) is 24.6. The van der Waals surface area contributed by atoms with Crippen LogP contribution in [0.5, 0.6) is 0 Å². The lowest BCUT2D eigenvalue weighted by Gasteiger charge is -2.01. The maximum absolute atomic E-state index is 11.4. The molecule has 0 fully saturated rings. The largest absolute Gasteiger partial charge is 0.481 e. The van der Waals surface area contributed by atoms with Gasteiger partial charge in [0.1, 0.15) is 0 Å². The fourth-order valence-electron chi connectivity index (χ4n) is 4.70. The van der Waals surface area contributed by atoms with Gasteiger partial charge in [-0.15, -0.1) is 34.0 Å². The molecule has 6 nitrogen and oxygen atoms in total. The summed E-state index contributed by atoms with van der Waals surface area (Å²) >= 11 is 4.97. The second-order valence-corrected chi connectivity index (χ2v) is 12.9. The van der Waals surface area contributed by atoms with Crippen molar-refractivity contribution >= 4 is 45.9 Å². The predicted octanol–water partition coefficient (Wildman–Crippen LogP) is 7.49. The average Bonchev–Trinajstić information content (AvgIpc) is 3.73. The first kappa shape index (κ1) is 28.9. The quantitative estimate of drug-likeness (QED) is 0.117. The van der Waals surface area contributed by atoms with Crippen LogP contribution in [-0.4, -0.2) is 22.2 Å². The molecule has 210 valence electrons. The van der Waals surface area contributed by atoms with Gasteiger partial charge < -0.3 is 21.7 Å². The Hall–Kier alpha value is -3.60. The van der Waals surface area contributed by atoms with Gasteiger partial charge in [-0.25, -0.2) is 0 Å². The molecule has 6 N–H and O–H groups in total. The molecule has 0 bridgehead atoms. The standard InChI is InChI=1S/C32H30N2O4S3/c33-17-19-3-1-5-21(13-19)27-15-23(7-11-29(35)36)31(40-27)25-9-10-26(39-25)32-24(8-12-30(37)38)16-28(41-32)22-6-2-4-20(14-22)18-34/h1-6,9-10,13-16H,7-8,11-12,17-18,33-34H2,(H,35,36)(H,37,38). The number of nitrogens with two attached hydrogens (primary N) is 2. The van der Waals surface area contributed by atoms with Gasteiger partial charge in [0, 0.05) is 55.2 Å². The second-order valence-electron chi connectivity index (χ2n) is 9.69. The zero-order chi connectivity index (χ0) is 28.9. The van der Waals surface area contributed by atoms with E-state index in [-0.39, 0.29) is 12.8 Å². The first-order valence-electron chi connectivity index (χ1n) is 13.2. The summed E-state index contributed by atoms with van der Waals surface area (Å²) in [5, 5.41) is 18.8. The van der Waals surface area contributed by atoms with Crippen molar-refractivity contribution < 1.29 is 19.8 Å². The second kappa shape index (κ2) is 12.9. The Labute approximate surface area is 250 Å². The van der Waals surface area contributed by atoms with Crippen molar-refractivity contribution in [2.24, 2.45) is 11.5 Å². The molecule has 0 unspecified atom stereocenters. The van der Waals surface area contributed by atoms with E-state index >= 15 is 0 Å². The van der Waals surface area contributed by atoms with Crippen LogP contribution in [0.15, 0.2) is 72.8 Å². The van der Waals surface area contributed by atoms with E-state index in [1.54, 1.807) is 34.0 Å². The number of hydrogen-bond donors (Lipinski definition) is 4. The van der Waals surface area contributed by atoms with Gasteiger partial charge in [-0.05, 0) is 82.6 Å². The van der Waals surface area contributed by atoms with Gasteiger partial charge in [0.15, 0.2) is 0 Å². The third kappa shape index (κ3) is 6.83. The lowest BCUT2D eigenvalue weighted by molar-refractivity contribution is -0.138. The first-order valence-corrected chi connectivity index (χ1v) is 15.7. The summed E-state index contributed by atoms with van der Waals surface area (Å²) in [7, 11) is 0. The molecule has 0 saturated heterocycles. The molecule has 0 aliphatic carbocycles. The summed E-state index contributed by atoms with van der Waals surface area (Å²) in [6.45, 7) is 0.908. The van der Waals surface area contributed by atoms with Crippen LogP contribution in [0, 0.1) is 0 Å². The Morgan fingerprint density at radius 1 is 0.585 bits per heavy atom. The van der Waals surface area contributed by atoms with Crippen LogP contribution in [0.4, 0.5) is 0 Å². The van der Waals surface area contributed by atoms with E-state index < -0.39 is 11.9 Å². The number of carboxylic acid groups (broad SMARTS) is 2. The van der Waals surface area contributed by atoms with Crippen molar-refractivity contribution in [2.45, 2.75) is 38.8 Å². The lowest BCUT2D eigenvalue weighted by atomic mass is 10.1. The van der Waals surface area contributed by atoms with E-state index in [0.29, 0.717) is 25.9 Å². The van der Waals surface area contributed by atoms with E-state index in [1.807, 2.05) is 24.3 Å².